The van der Waals surface area contributed by atoms with Gasteiger partial charge in [-0.1, -0.05) is 18.6 Å². The molecular weight excluding hydrogens is 288 g/mol. The van der Waals surface area contributed by atoms with Crippen LogP contribution in [0.5, 0.6) is 0 Å². The molecule has 1 aromatic carbocycles. The summed E-state index contributed by atoms with van der Waals surface area (Å²) in [7, 11) is -7.02. The predicted molar refractivity (Wildman–Crippen MR) is 73.5 cm³/mol. The fourth-order valence-corrected chi connectivity index (χ4v) is 2.89. The molecule has 1 rings (SSSR count). The van der Waals surface area contributed by atoms with Gasteiger partial charge in [0.25, 0.3) is 10.1 Å². The van der Waals surface area contributed by atoms with Crippen molar-refractivity contribution in [3.8, 4) is 0 Å². The summed E-state index contributed by atoms with van der Waals surface area (Å²) >= 11 is 0. The molecule has 19 heavy (non-hydrogen) atoms. The van der Waals surface area contributed by atoms with Crippen molar-refractivity contribution in [2.24, 2.45) is 0 Å². The average molecular weight is 306 g/mol. The van der Waals surface area contributed by atoms with E-state index in [2.05, 4.69) is 0 Å². The molecule has 0 spiro atoms. The molecule has 1 N–H and O–H groups in total. The Bertz CT molecular complexity index is 600. The van der Waals surface area contributed by atoms with Crippen molar-refractivity contribution >= 4 is 20.0 Å². The third-order valence-corrected chi connectivity index (χ3v) is 4.65. The van der Waals surface area contributed by atoms with Crippen molar-refractivity contribution in [1.29, 1.82) is 0 Å². The zero-order chi connectivity index (χ0) is 14.5. The zero-order valence-electron chi connectivity index (χ0n) is 10.7. The Morgan fingerprint density at radius 2 is 1.53 bits per heavy atom. The molecule has 5 nitrogen and oxygen atoms in total. The van der Waals surface area contributed by atoms with Crippen molar-refractivity contribution in [3.63, 3.8) is 0 Å². The van der Waals surface area contributed by atoms with Crippen LogP contribution in [0.3, 0.4) is 0 Å². The molecule has 0 fully saturated rings. The molecule has 0 unspecified atom stereocenters. The molecule has 0 saturated carbocycles. The largest absolute Gasteiger partial charge is 0.286 e. The number of hydrogen-bond donors (Lipinski definition) is 1. The van der Waals surface area contributed by atoms with Gasteiger partial charge in [0.05, 0.1) is 10.6 Å². The lowest BCUT2D eigenvalue weighted by Crippen LogP contribution is -2.03. The van der Waals surface area contributed by atoms with Gasteiger partial charge in [-0.2, -0.15) is 8.42 Å². The maximum absolute atomic E-state index is 11.3. The van der Waals surface area contributed by atoms with E-state index in [1.165, 1.54) is 0 Å². The van der Waals surface area contributed by atoms with Crippen molar-refractivity contribution in [2.75, 3.05) is 12.0 Å². The van der Waals surface area contributed by atoms with Crippen LogP contribution in [-0.4, -0.2) is 33.4 Å². The topological polar surface area (TPSA) is 88.5 Å². The van der Waals surface area contributed by atoms with E-state index in [0.717, 1.165) is 24.7 Å². The van der Waals surface area contributed by atoms with Crippen LogP contribution >= 0.6 is 0 Å². The fourth-order valence-electron chi connectivity index (χ4n) is 1.69. The molecule has 108 valence electrons. The van der Waals surface area contributed by atoms with Crippen LogP contribution in [0.15, 0.2) is 29.2 Å². The summed E-state index contributed by atoms with van der Waals surface area (Å²) in [5.74, 6) is -0.208. The van der Waals surface area contributed by atoms with Crippen molar-refractivity contribution < 1.29 is 21.4 Å². The van der Waals surface area contributed by atoms with Gasteiger partial charge in [-0.05, 0) is 37.0 Å². The molecule has 7 heteroatoms. The number of sulfone groups is 1. The van der Waals surface area contributed by atoms with Gasteiger partial charge in [0, 0.05) is 6.26 Å². The first-order chi connectivity index (χ1) is 8.68. The zero-order valence-corrected chi connectivity index (χ0v) is 12.4. The maximum atomic E-state index is 11.3. The van der Waals surface area contributed by atoms with Gasteiger partial charge >= 0.3 is 0 Å². The van der Waals surface area contributed by atoms with Gasteiger partial charge < -0.3 is 0 Å². The minimum atomic E-state index is -3.86. The molecule has 0 bridgehead atoms. The van der Waals surface area contributed by atoms with E-state index in [9.17, 15) is 16.8 Å². The normalized spacial score (nSPS) is 12.5. The lowest BCUT2D eigenvalue weighted by Gasteiger charge is -2.03. The summed E-state index contributed by atoms with van der Waals surface area (Å²) in [6.45, 7) is 0. The molecule has 0 radical (unpaired) electrons. The van der Waals surface area contributed by atoms with Crippen molar-refractivity contribution in [1.82, 2.24) is 0 Å². The van der Waals surface area contributed by atoms with Gasteiger partial charge in [0.1, 0.15) is 0 Å². The van der Waals surface area contributed by atoms with Crippen LogP contribution < -0.4 is 0 Å². The van der Waals surface area contributed by atoms with Crippen LogP contribution in [0.4, 0.5) is 0 Å². The van der Waals surface area contributed by atoms with Crippen LogP contribution in [-0.2, 0) is 26.4 Å². The van der Waals surface area contributed by atoms with E-state index in [-0.39, 0.29) is 5.75 Å². The summed E-state index contributed by atoms with van der Waals surface area (Å²) in [4.78, 5) is 0.294. The third-order valence-electron chi connectivity index (χ3n) is 2.72. The first-order valence-electron chi connectivity index (χ1n) is 5.93. The molecule has 0 aromatic heterocycles. The lowest BCUT2D eigenvalue weighted by atomic mass is 10.1. The summed E-state index contributed by atoms with van der Waals surface area (Å²) in [5.41, 5.74) is 1.01. The first kappa shape index (κ1) is 16.1. The summed E-state index contributed by atoms with van der Waals surface area (Å²) in [6.07, 6.45) is 3.86. The highest BCUT2D eigenvalue weighted by Gasteiger charge is 2.06. The molecule has 0 aliphatic carbocycles. The summed E-state index contributed by atoms with van der Waals surface area (Å²) < 4.78 is 52.1. The van der Waals surface area contributed by atoms with E-state index in [1.54, 1.807) is 24.3 Å². The predicted octanol–water partition coefficient (Wildman–Crippen LogP) is 1.69. The van der Waals surface area contributed by atoms with E-state index < -0.39 is 20.0 Å². The second kappa shape index (κ2) is 6.49. The van der Waals surface area contributed by atoms with Crippen molar-refractivity contribution in [2.45, 2.75) is 30.6 Å². The molecule has 1 aromatic rings. The van der Waals surface area contributed by atoms with E-state index >= 15 is 0 Å². The van der Waals surface area contributed by atoms with E-state index in [0.29, 0.717) is 17.7 Å². The van der Waals surface area contributed by atoms with Crippen LogP contribution in [0.1, 0.15) is 24.8 Å². The van der Waals surface area contributed by atoms with Crippen LogP contribution in [0, 0.1) is 0 Å². The maximum Gasteiger partial charge on any atom is 0.264 e. The Labute approximate surface area is 114 Å². The minimum absolute atomic E-state index is 0.208. The lowest BCUT2D eigenvalue weighted by molar-refractivity contribution is 0.479. The molecule has 0 saturated heterocycles. The van der Waals surface area contributed by atoms with Gasteiger partial charge in [0.2, 0.25) is 0 Å². The highest BCUT2D eigenvalue weighted by Crippen LogP contribution is 2.12. The molecule has 0 aliphatic rings. The van der Waals surface area contributed by atoms with Gasteiger partial charge in [-0.3, -0.25) is 4.55 Å². The number of hydrogen-bond acceptors (Lipinski definition) is 4. The van der Waals surface area contributed by atoms with Crippen molar-refractivity contribution in [3.05, 3.63) is 29.8 Å². The average Bonchev–Trinajstić information content (AvgIpc) is 2.26. The van der Waals surface area contributed by atoms with Crippen LogP contribution in [0.2, 0.25) is 0 Å². The molecule has 0 aliphatic heterocycles. The van der Waals surface area contributed by atoms with E-state index in [1.807, 2.05) is 0 Å². The number of aryl methyl sites for hydroxylation is 1. The van der Waals surface area contributed by atoms with Gasteiger partial charge in [-0.15, -0.1) is 0 Å². The standard InChI is InChI=1S/C12H18O5S2/c1-18(13,14)12-8-6-11(7-9-12)5-3-2-4-10-19(15,16)17/h6-9H,2-5,10H2,1H3,(H,15,16,17). The second-order valence-electron chi connectivity index (χ2n) is 4.51. The van der Waals surface area contributed by atoms with E-state index in [4.69, 9.17) is 4.55 Å². The monoisotopic (exact) mass is 306 g/mol. The smallest absolute Gasteiger partial charge is 0.264 e. The van der Waals surface area contributed by atoms with Gasteiger partial charge in [0.15, 0.2) is 9.84 Å². The molecule has 0 atom stereocenters. The molecule has 0 amide bonds. The third kappa shape index (κ3) is 6.70. The van der Waals surface area contributed by atoms with Crippen LogP contribution in [0.25, 0.3) is 0 Å². The van der Waals surface area contributed by atoms with Gasteiger partial charge in [-0.25, -0.2) is 8.42 Å². The summed E-state index contributed by atoms with van der Waals surface area (Å²) in [5, 5.41) is 0. The Kier molecular flexibility index (Phi) is 5.51. The Morgan fingerprint density at radius 1 is 0.947 bits per heavy atom. The number of unbranched alkanes of at least 4 members (excludes halogenated alkanes) is 2. The number of benzene rings is 1. The highest BCUT2D eigenvalue weighted by molar-refractivity contribution is 7.90. The SMILES string of the molecule is CS(=O)(=O)c1ccc(CCCCCS(=O)(=O)O)cc1. The Hall–Kier alpha value is -0.920. The Morgan fingerprint density at radius 3 is 2.00 bits per heavy atom. The minimum Gasteiger partial charge on any atom is -0.286 e. The summed E-state index contributed by atoms with van der Waals surface area (Å²) in [6, 6.07) is 6.67. The molecule has 0 heterocycles. The quantitative estimate of drug-likeness (QED) is 0.611. The molecular formula is C12H18O5S2. The number of rotatable bonds is 7. The Balaban J connectivity index is 2.39. The fraction of sp³-hybridized carbons (Fsp3) is 0.500. The first-order valence-corrected chi connectivity index (χ1v) is 9.43. The second-order valence-corrected chi connectivity index (χ2v) is 8.10. The highest BCUT2D eigenvalue weighted by atomic mass is 32.2.